The Hall–Kier alpha value is -2.95. The highest BCUT2D eigenvalue weighted by atomic mass is 15.4. The third-order valence-electron chi connectivity index (χ3n) is 4.22. The van der Waals surface area contributed by atoms with Crippen molar-refractivity contribution in [2.45, 2.75) is 26.6 Å². The summed E-state index contributed by atoms with van der Waals surface area (Å²) in [7, 11) is 3.99. The van der Waals surface area contributed by atoms with Gasteiger partial charge >= 0.3 is 0 Å². The lowest BCUT2D eigenvalue weighted by atomic mass is 10.2. The molecule has 5 heteroatoms. The normalized spacial score (nSPS) is 19.1. The highest BCUT2D eigenvalue weighted by molar-refractivity contribution is 5.94. The van der Waals surface area contributed by atoms with Crippen LogP contribution in [0.3, 0.4) is 0 Å². The van der Waals surface area contributed by atoms with Crippen LogP contribution in [0, 0.1) is 13.8 Å². The number of aryl methyl sites for hydroxylation is 2. The molecule has 1 aliphatic rings. The van der Waals surface area contributed by atoms with E-state index in [0.717, 1.165) is 23.0 Å². The maximum Gasteiger partial charge on any atom is 0.205 e. The van der Waals surface area contributed by atoms with Gasteiger partial charge in [-0.2, -0.15) is 0 Å². The summed E-state index contributed by atoms with van der Waals surface area (Å²) in [4.78, 5) is 6.85. The van der Waals surface area contributed by atoms with E-state index in [1.54, 1.807) is 0 Å². The number of aliphatic imine (C=N–C) groups is 1. The number of likely N-dealkylation sites (N-methyl/N-ethyl adjacent to an activating group) is 1. The van der Waals surface area contributed by atoms with Gasteiger partial charge in [0, 0.05) is 31.5 Å². The largest absolute Gasteiger partial charge is 0.363 e. The topological polar surface area (TPSA) is 51.7 Å². The molecule has 26 heavy (non-hydrogen) atoms. The Labute approximate surface area is 155 Å². The molecule has 0 radical (unpaired) electrons. The molecule has 0 spiro atoms. The fraction of sp³-hybridized carbons (Fsp3) is 0.286. The van der Waals surface area contributed by atoms with Crippen LogP contribution in [-0.2, 0) is 0 Å². The number of anilines is 2. The summed E-state index contributed by atoms with van der Waals surface area (Å²) in [5, 5.41) is 10.4. The Morgan fingerprint density at radius 3 is 1.96 bits per heavy atom. The van der Waals surface area contributed by atoms with Gasteiger partial charge in [-0.05, 0) is 45.0 Å². The maximum absolute atomic E-state index is 4.84. The van der Waals surface area contributed by atoms with Crippen LogP contribution in [0.4, 0.5) is 11.4 Å². The van der Waals surface area contributed by atoms with Crippen LogP contribution in [0.1, 0.15) is 18.1 Å². The molecular formula is C21H27N5. The summed E-state index contributed by atoms with van der Waals surface area (Å²) in [5.74, 6) is 1.13. The second kappa shape index (κ2) is 7.12. The molecule has 2 aromatic carbocycles. The molecular weight excluding hydrogens is 322 g/mol. The van der Waals surface area contributed by atoms with Gasteiger partial charge in [0.25, 0.3) is 0 Å². The van der Waals surface area contributed by atoms with Crippen LogP contribution in [0.15, 0.2) is 65.4 Å². The number of rotatable bonds is 4. The van der Waals surface area contributed by atoms with Gasteiger partial charge in [0.05, 0.1) is 0 Å². The van der Waals surface area contributed by atoms with Crippen LogP contribution in [0.2, 0.25) is 0 Å². The molecule has 1 unspecified atom stereocenters. The summed E-state index contributed by atoms with van der Waals surface area (Å²) >= 11 is 0. The first-order valence-corrected chi connectivity index (χ1v) is 8.79. The first-order chi connectivity index (χ1) is 12.3. The predicted octanol–water partition coefficient (Wildman–Crippen LogP) is 3.91. The highest BCUT2D eigenvalue weighted by Crippen LogP contribution is 2.21. The van der Waals surface area contributed by atoms with Gasteiger partial charge in [0.15, 0.2) is 0 Å². The lowest BCUT2D eigenvalue weighted by molar-refractivity contribution is 0.447. The van der Waals surface area contributed by atoms with Gasteiger partial charge in [0.1, 0.15) is 11.7 Å². The molecule has 1 heterocycles. The van der Waals surface area contributed by atoms with Gasteiger partial charge in [-0.15, -0.1) is 0 Å². The summed E-state index contributed by atoms with van der Waals surface area (Å²) < 4.78 is 0. The van der Waals surface area contributed by atoms with E-state index in [2.05, 4.69) is 78.3 Å². The fourth-order valence-electron chi connectivity index (χ4n) is 2.78. The Bertz CT molecular complexity index is 818. The second-order valence-corrected chi connectivity index (χ2v) is 7.10. The fourth-order valence-corrected chi connectivity index (χ4v) is 2.78. The van der Waals surface area contributed by atoms with Crippen LogP contribution in [-0.4, -0.2) is 30.6 Å². The van der Waals surface area contributed by atoms with Crippen molar-refractivity contribution >= 4 is 17.2 Å². The molecule has 0 fully saturated rings. The Kier molecular flexibility index (Phi) is 4.89. The first kappa shape index (κ1) is 17.9. The molecule has 2 aromatic rings. The minimum atomic E-state index is -0.656. The number of nitrogens with zero attached hydrogens (tertiary/aromatic N) is 2. The van der Waals surface area contributed by atoms with Crippen LogP contribution < -0.4 is 16.0 Å². The Balaban J connectivity index is 1.84. The average Bonchev–Trinajstić information content (AvgIpc) is 2.58. The highest BCUT2D eigenvalue weighted by Gasteiger charge is 2.28. The minimum Gasteiger partial charge on any atom is -0.363 e. The average molecular weight is 349 g/mol. The van der Waals surface area contributed by atoms with E-state index in [-0.39, 0.29) is 0 Å². The number of nitrogens with one attached hydrogen (secondary N) is 3. The van der Waals surface area contributed by atoms with E-state index in [1.807, 2.05) is 32.0 Å². The van der Waals surface area contributed by atoms with Crippen molar-refractivity contribution in [3.05, 3.63) is 71.6 Å². The van der Waals surface area contributed by atoms with Gasteiger partial charge in [0.2, 0.25) is 5.79 Å². The third kappa shape index (κ3) is 4.36. The van der Waals surface area contributed by atoms with E-state index in [9.17, 15) is 0 Å². The van der Waals surface area contributed by atoms with Gasteiger partial charge in [-0.3, -0.25) is 0 Å². The van der Waals surface area contributed by atoms with Gasteiger partial charge < -0.3 is 20.9 Å². The van der Waals surface area contributed by atoms with E-state index < -0.39 is 5.79 Å². The minimum absolute atomic E-state index is 0.656. The zero-order valence-electron chi connectivity index (χ0n) is 16.1. The zero-order chi connectivity index (χ0) is 18.7. The smallest absolute Gasteiger partial charge is 0.205 e. The molecule has 5 nitrogen and oxygen atoms in total. The van der Waals surface area contributed by atoms with Crippen molar-refractivity contribution in [2.75, 3.05) is 24.7 Å². The van der Waals surface area contributed by atoms with E-state index in [0.29, 0.717) is 0 Å². The molecule has 136 valence electrons. The second-order valence-electron chi connectivity index (χ2n) is 7.10. The van der Waals surface area contributed by atoms with Crippen LogP contribution >= 0.6 is 0 Å². The third-order valence-corrected chi connectivity index (χ3v) is 4.22. The summed E-state index contributed by atoms with van der Waals surface area (Å²) in [6.07, 6.45) is 2.01. The lowest BCUT2D eigenvalue weighted by Gasteiger charge is -2.36. The molecule has 0 aliphatic carbocycles. The van der Waals surface area contributed by atoms with Crippen molar-refractivity contribution in [1.29, 1.82) is 0 Å². The lowest BCUT2D eigenvalue weighted by Crippen LogP contribution is -2.52. The number of hydrogen-bond donors (Lipinski definition) is 3. The van der Waals surface area contributed by atoms with Crippen LogP contribution in [0.25, 0.3) is 0 Å². The maximum atomic E-state index is 4.84. The molecule has 0 saturated carbocycles. The van der Waals surface area contributed by atoms with Crippen molar-refractivity contribution in [2.24, 2.45) is 4.99 Å². The molecule has 0 saturated heterocycles. The van der Waals surface area contributed by atoms with Crippen LogP contribution in [0.5, 0.6) is 0 Å². The quantitative estimate of drug-likeness (QED) is 0.783. The molecule has 0 bridgehead atoms. The van der Waals surface area contributed by atoms with Crippen molar-refractivity contribution in [3.63, 3.8) is 0 Å². The first-order valence-electron chi connectivity index (χ1n) is 8.79. The molecule has 1 atom stereocenters. The predicted molar refractivity (Wildman–Crippen MR) is 110 cm³/mol. The Morgan fingerprint density at radius 1 is 0.885 bits per heavy atom. The molecule has 0 amide bonds. The van der Waals surface area contributed by atoms with E-state index in [1.165, 1.54) is 11.1 Å². The van der Waals surface area contributed by atoms with E-state index >= 15 is 0 Å². The number of benzene rings is 2. The van der Waals surface area contributed by atoms with Crippen molar-refractivity contribution < 1.29 is 0 Å². The Morgan fingerprint density at radius 2 is 1.42 bits per heavy atom. The standard InChI is InChI=1S/C21H27N5/c1-15-6-10-17(11-7-15)22-19-14-20(26(4)5)25-21(3,24-19)23-18-12-8-16(2)9-13-18/h6-14,22-24H,1-5H3. The molecule has 0 aromatic heterocycles. The number of hydrogen-bond acceptors (Lipinski definition) is 5. The molecule has 3 rings (SSSR count). The van der Waals surface area contributed by atoms with Crippen molar-refractivity contribution in [3.8, 4) is 0 Å². The van der Waals surface area contributed by atoms with Gasteiger partial charge in [-0.1, -0.05) is 35.4 Å². The molecule has 1 aliphatic heterocycles. The van der Waals surface area contributed by atoms with Crippen molar-refractivity contribution in [1.82, 2.24) is 10.2 Å². The molecule has 3 N–H and O–H groups in total. The summed E-state index contributed by atoms with van der Waals surface area (Å²) in [5.41, 5.74) is 4.52. The SMILES string of the molecule is Cc1ccc(NC2=CC(N(C)C)=NC(C)(Nc3ccc(C)cc3)N2)cc1. The van der Waals surface area contributed by atoms with E-state index in [4.69, 9.17) is 4.99 Å². The van der Waals surface area contributed by atoms with Gasteiger partial charge in [-0.25, -0.2) is 4.99 Å². The monoisotopic (exact) mass is 349 g/mol. The summed E-state index contributed by atoms with van der Waals surface area (Å²) in [6, 6.07) is 16.6. The number of amidine groups is 1. The summed E-state index contributed by atoms with van der Waals surface area (Å²) in [6.45, 7) is 6.19. The zero-order valence-corrected chi connectivity index (χ0v) is 16.1.